The maximum absolute atomic E-state index is 5.71. The summed E-state index contributed by atoms with van der Waals surface area (Å²) >= 11 is 1.83. The van der Waals surface area contributed by atoms with E-state index in [1.165, 1.54) is 69.0 Å². The molecule has 0 aliphatic rings. The molecule has 0 saturated heterocycles. The lowest BCUT2D eigenvalue weighted by atomic mass is 10.0. The summed E-state index contributed by atoms with van der Waals surface area (Å²) < 4.78 is 7.38. The molecule has 0 radical (unpaired) electrons. The second kappa shape index (κ2) is 9.94. The van der Waals surface area contributed by atoms with Crippen LogP contribution >= 0.6 is 11.3 Å². The van der Waals surface area contributed by atoms with E-state index in [0.717, 1.165) is 49.9 Å². The van der Waals surface area contributed by atoms with E-state index in [4.69, 9.17) is 9.97 Å². The monoisotopic (exact) mass is 690 g/mol. The molecule has 5 heterocycles. The van der Waals surface area contributed by atoms with Crippen molar-refractivity contribution in [2.75, 3.05) is 0 Å². The zero-order chi connectivity index (χ0) is 34.4. The number of hydrogen-bond acceptors (Lipinski definition) is 3. The predicted molar refractivity (Wildman–Crippen MR) is 224 cm³/mol. The Morgan fingerprint density at radius 2 is 1.08 bits per heavy atom. The molecule has 5 aromatic heterocycles. The highest BCUT2D eigenvalue weighted by Gasteiger charge is 2.25. The summed E-state index contributed by atoms with van der Waals surface area (Å²) in [5.74, 6) is 0.837. The lowest BCUT2D eigenvalue weighted by Gasteiger charge is -2.15. The fraction of sp³-hybridized carbons (Fsp3) is 0. The third-order valence-electron chi connectivity index (χ3n) is 11.4. The highest BCUT2D eigenvalue weighted by molar-refractivity contribution is 7.26. The Kier molecular flexibility index (Phi) is 5.22. The minimum atomic E-state index is 0.837. The number of fused-ring (bicyclic) bond motifs is 11. The van der Waals surface area contributed by atoms with Gasteiger partial charge in [0.05, 0.1) is 38.6 Å². The van der Waals surface area contributed by atoms with E-state index in [0.29, 0.717) is 0 Å². The number of thiophene rings is 1. The largest absolute Gasteiger partial charge is 0.308 e. The first-order chi connectivity index (χ1) is 26.3. The fourth-order valence-corrected chi connectivity index (χ4v) is 10.5. The molecule has 0 amide bonds. The second-order valence-electron chi connectivity index (χ2n) is 14.1. The molecule has 0 spiro atoms. The minimum absolute atomic E-state index is 0.837. The number of rotatable bonds is 2. The number of benzene rings is 8. The second-order valence-corrected chi connectivity index (χ2v) is 15.1. The van der Waals surface area contributed by atoms with Gasteiger partial charge in [-0.25, -0.2) is 9.97 Å². The molecule has 0 saturated carbocycles. The smallest absolute Gasteiger partial charge is 0.165 e. The Morgan fingerprint density at radius 1 is 0.434 bits per heavy atom. The van der Waals surface area contributed by atoms with Crippen molar-refractivity contribution in [3.05, 3.63) is 158 Å². The Balaban J connectivity index is 1.26. The molecule has 5 heteroatoms. The summed E-state index contributed by atoms with van der Waals surface area (Å²) in [5, 5.41) is 12.3. The van der Waals surface area contributed by atoms with Crippen molar-refractivity contribution in [3.8, 4) is 17.1 Å². The molecule has 8 aromatic carbocycles. The van der Waals surface area contributed by atoms with Crippen molar-refractivity contribution < 1.29 is 0 Å². The van der Waals surface area contributed by atoms with Crippen molar-refractivity contribution in [2.45, 2.75) is 0 Å². The maximum Gasteiger partial charge on any atom is 0.165 e. The summed E-state index contributed by atoms with van der Waals surface area (Å²) in [5.41, 5.74) is 9.66. The van der Waals surface area contributed by atoms with Gasteiger partial charge in [0, 0.05) is 58.1 Å². The zero-order valence-corrected chi connectivity index (χ0v) is 29.0. The molecule has 0 bridgehead atoms. The highest BCUT2D eigenvalue weighted by atomic mass is 32.1. The predicted octanol–water partition coefficient (Wildman–Crippen LogP) is 13.1. The number of aromatic nitrogens is 4. The number of hydrogen-bond donors (Lipinski definition) is 0. The van der Waals surface area contributed by atoms with Gasteiger partial charge in [-0.3, -0.25) is 4.57 Å². The van der Waals surface area contributed by atoms with E-state index in [2.05, 4.69) is 167 Å². The number of para-hydroxylation sites is 2. The summed E-state index contributed by atoms with van der Waals surface area (Å²) in [7, 11) is 0. The van der Waals surface area contributed by atoms with Crippen molar-refractivity contribution in [1.82, 2.24) is 18.9 Å². The standard InChI is InChI=1S/C48H26N4S/c1-2-12-28-27(11-1)25-26-36-44(28)50-48(45(49-36)35-19-8-18-34-30-14-4-6-24-41(30)53-47(34)35)52-38-21-9-15-31-33-17-7-16-32-29-13-3-5-20-37(29)51(46(32)33)39-22-10-23-40(52)43(39)42(31)38/h1-26H. The van der Waals surface area contributed by atoms with Gasteiger partial charge in [0.25, 0.3) is 0 Å². The van der Waals surface area contributed by atoms with Crippen molar-refractivity contribution >= 4 is 113 Å². The average Bonchev–Trinajstić information content (AvgIpc) is 3.85. The molecular formula is C48H26N4S. The Hall–Kier alpha value is -6.82. The maximum atomic E-state index is 5.71. The van der Waals surface area contributed by atoms with Gasteiger partial charge in [-0.15, -0.1) is 11.3 Å². The van der Waals surface area contributed by atoms with Crippen LogP contribution in [0, 0.1) is 0 Å². The van der Waals surface area contributed by atoms with Gasteiger partial charge in [0.15, 0.2) is 5.82 Å². The molecule has 0 unspecified atom stereocenters. The molecule has 0 aliphatic carbocycles. The molecule has 13 rings (SSSR count). The quantitative estimate of drug-likeness (QED) is 0.169. The highest BCUT2D eigenvalue weighted by Crippen LogP contribution is 2.46. The van der Waals surface area contributed by atoms with Crippen LogP contribution in [0.25, 0.3) is 119 Å². The van der Waals surface area contributed by atoms with Gasteiger partial charge in [-0.1, -0.05) is 121 Å². The van der Waals surface area contributed by atoms with Crippen LogP contribution in [0.15, 0.2) is 158 Å². The summed E-state index contributed by atoms with van der Waals surface area (Å²) in [6.07, 6.45) is 0. The zero-order valence-electron chi connectivity index (χ0n) is 28.2. The molecule has 0 aliphatic heterocycles. The van der Waals surface area contributed by atoms with Gasteiger partial charge in [-0.05, 0) is 47.2 Å². The minimum Gasteiger partial charge on any atom is -0.308 e. The molecule has 13 aromatic rings. The summed E-state index contributed by atoms with van der Waals surface area (Å²) in [6, 6.07) is 57.3. The van der Waals surface area contributed by atoms with Crippen LogP contribution in [0.3, 0.4) is 0 Å². The lowest BCUT2D eigenvalue weighted by molar-refractivity contribution is 1.08. The van der Waals surface area contributed by atoms with E-state index in [1.807, 2.05) is 11.3 Å². The van der Waals surface area contributed by atoms with Crippen LogP contribution in [0.4, 0.5) is 0 Å². The van der Waals surface area contributed by atoms with Crippen LogP contribution in [0.2, 0.25) is 0 Å². The first-order valence-electron chi connectivity index (χ1n) is 18.0. The first-order valence-corrected chi connectivity index (χ1v) is 18.8. The SMILES string of the molecule is c1ccc2c(c1)ccc1nc(-c3cccc4c3sc3ccccc34)c(-n3c4cccc5c6cccc7c8ccccc8n(c8cccc3c8c54)c67)nc12. The van der Waals surface area contributed by atoms with Gasteiger partial charge in [0.2, 0.25) is 0 Å². The van der Waals surface area contributed by atoms with Gasteiger partial charge < -0.3 is 4.40 Å². The van der Waals surface area contributed by atoms with E-state index in [1.54, 1.807) is 0 Å². The van der Waals surface area contributed by atoms with Crippen molar-refractivity contribution in [1.29, 1.82) is 0 Å². The van der Waals surface area contributed by atoms with E-state index in [9.17, 15) is 0 Å². The summed E-state index contributed by atoms with van der Waals surface area (Å²) in [4.78, 5) is 11.3. The van der Waals surface area contributed by atoms with E-state index >= 15 is 0 Å². The van der Waals surface area contributed by atoms with E-state index in [-0.39, 0.29) is 0 Å². The number of nitrogens with zero attached hydrogens (tertiary/aromatic N) is 4. The van der Waals surface area contributed by atoms with E-state index < -0.39 is 0 Å². The van der Waals surface area contributed by atoms with Gasteiger partial charge in [0.1, 0.15) is 5.69 Å². The van der Waals surface area contributed by atoms with Gasteiger partial charge in [-0.2, -0.15) is 0 Å². The van der Waals surface area contributed by atoms with Gasteiger partial charge >= 0.3 is 0 Å². The van der Waals surface area contributed by atoms with Crippen molar-refractivity contribution in [3.63, 3.8) is 0 Å². The lowest BCUT2D eigenvalue weighted by Crippen LogP contribution is -2.04. The Bertz CT molecular complexity index is 3700. The molecular weight excluding hydrogens is 665 g/mol. The van der Waals surface area contributed by atoms with Crippen LogP contribution in [0.5, 0.6) is 0 Å². The Morgan fingerprint density at radius 3 is 2.00 bits per heavy atom. The van der Waals surface area contributed by atoms with Crippen molar-refractivity contribution in [2.24, 2.45) is 0 Å². The Labute approximate surface area is 305 Å². The molecule has 244 valence electrons. The summed E-state index contributed by atoms with van der Waals surface area (Å²) in [6.45, 7) is 0. The third-order valence-corrected chi connectivity index (χ3v) is 12.7. The molecule has 0 N–H and O–H groups in total. The first kappa shape index (κ1) is 27.8. The van der Waals surface area contributed by atoms with Crippen LogP contribution in [-0.4, -0.2) is 18.9 Å². The molecule has 53 heavy (non-hydrogen) atoms. The fourth-order valence-electron chi connectivity index (χ4n) is 9.27. The average molecular weight is 691 g/mol. The molecule has 4 nitrogen and oxygen atoms in total. The molecule has 0 atom stereocenters. The topological polar surface area (TPSA) is 35.1 Å². The molecule has 0 fully saturated rings. The van der Waals surface area contributed by atoms with Crippen LogP contribution in [0.1, 0.15) is 0 Å². The van der Waals surface area contributed by atoms with Crippen LogP contribution < -0.4 is 0 Å². The third kappa shape index (κ3) is 3.50. The van der Waals surface area contributed by atoms with Crippen LogP contribution in [-0.2, 0) is 0 Å². The normalized spacial score (nSPS) is 12.5.